The Kier molecular flexibility index (Phi) is 3.12. The van der Waals surface area contributed by atoms with E-state index in [0.717, 1.165) is 24.3 Å². The molecule has 0 bridgehead atoms. The lowest BCUT2D eigenvalue weighted by atomic mass is 10.1. The fraction of sp³-hybridized carbons (Fsp3) is 0.462. The van der Waals surface area contributed by atoms with Gasteiger partial charge >= 0.3 is 0 Å². The summed E-state index contributed by atoms with van der Waals surface area (Å²) in [7, 11) is 2.03. The van der Waals surface area contributed by atoms with Gasteiger partial charge in [0.2, 0.25) is 0 Å². The summed E-state index contributed by atoms with van der Waals surface area (Å²) in [6.45, 7) is 2.90. The van der Waals surface area contributed by atoms with Crippen LogP contribution in [0.25, 0.3) is 0 Å². The topological polar surface area (TPSA) is 36.3 Å². The summed E-state index contributed by atoms with van der Waals surface area (Å²) < 4.78 is 5.56. The average Bonchev–Trinajstić information content (AvgIpc) is 2.74. The van der Waals surface area contributed by atoms with Crippen LogP contribution in [0.1, 0.15) is 18.9 Å². The van der Waals surface area contributed by atoms with Crippen LogP contribution in [0, 0.1) is 11.3 Å². The maximum Gasteiger partial charge on any atom is 0.101 e. The molecule has 0 aromatic heterocycles. The number of ether oxygens (including phenoxy) is 1. The van der Waals surface area contributed by atoms with Gasteiger partial charge in [-0.3, -0.25) is 0 Å². The van der Waals surface area contributed by atoms with E-state index in [-0.39, 0.29) is 6.10 Å². The maximum absolute atomic E-state index is 9.07. The largest absolute Gasteiger partial charge is 0.376 e. The summed E-state index contributed by atoms with van der Waals surface area (Å²) >= 11 is 0. The smallest absolute Gasteiger partial charge is 0.101 e. The first-order valence-corrected chi connectivity index (χ1v) is 5.57. The summed E-state index contributed by atoms with van der Waals surface area (Å²) in [5.74, 6) is 0. The van der Waals surface area contributed by atoms with Crippen LogP contribution < -0.4 is 4.90 Å². The van der Waals surface area contributed by atoms with Crippen LogP contribution in [0.2, 0.25) is 0 Å². The highest BCUT2D eigenvalue weighted by molar-refractivity contribution is 5.59. The van der Waals surface area contributed by atoms with Crippen molar-refractivity contribution in [3.05, 3.63) is 29.8 Å². The number of nitrogens with zero attached hydrogens (tertiary/aromatic N) is 2. The molecule has 2 unspecified atom stereocenters. The lowest BCUT2D eigenvalue weighted by molar-refractivity contribution is 0.118. The second-order valence-corrected chi connectivity index (χ2v) is 4.17. The molecule has 1 saturated heterocycles. The van der Waals surface area contributed by atoms with Gasteiger partial charge in [-0.25, -0.2) is 0 Å². The molecule has 1 fully saturated rings. The number of anilines is 1. The van der Waals surface area contributed by atoms with Crippen molar-refractivity contribution in [2.45, 2.75) is 25.5 Å². The molecule has 1 aliphatic heterocycles. The summed E-state index contributed by atoms with van der Waals surface area (Å²) in [5.41, 5.74) is 1.72. The standard InChI is InChI=1S/C13H16N2O/c1-10-12(7-8-16-10)15(2)13-6-4-3-5-11(13)9-14/h3-6,10,12H,7-8H2,1-2H3. The van der Waals surface area contributed by atoms with E-state index in [0.29, 0.717) is 6.04 Å². The first-order valence-electron chi connectivity index (χ1n) is 5.57. The number of likely N-dealkylation sites (N-methyl/N-ethyl adjacent to an activating group) is 1. The zero-order valence-corrected chi connectivity index (χ0v) is 9.68. The molecule has 0 radical (unpaired) electrons. The second kappa shape index (κ2) is 4.54. The highest BCUT2D eigenvalue weighted by atomic mass is 16.5. The van der Waals surface area contributed by atoms with Crippen molar-refractivity contribution in [3.8, 4) is 6.07 Å². The van der Waals surface area contributed by atoms with Crippen molar-refractivity contribution in [2.75, 3.05) is 18.6 Å². The van der Waals surface area contributed by atoms with Gasteiger partial charge in [-0.1, -0.05) is 12.1 Å². The highest BCUT2D eigenvalue weighted by Gasteiger charge is 2.28. The molecule has 0 aliphatic carbocycles. The predicted molar refractivity (Wildman–Crippen MR) is 63.4 cm³/mol. The van der Waals surface area contributed by atoms with Crippen LogP contribution in [0.15, 0.2) is 24.3 Å². The van der Waals surface area contributed by atoms with Gasteiger partial charge in [-0.2, -0.15) is 5.26 Å². The van der Waals surface area contributed by atoms with Crippen molar-refractivity contribution >= 4 is 5.69 Å². The molecular formula is C13H16N2O. The molecule has 0 N–H and O–H groups in total. The van der Waals surface area contributed by atoms with E-state index >= 15 is 0 Å². The highest BCUT2D eigenvalue weighted by Crippen LogP contribution is 2.26. The molecule has 3 heteroatoms. The molecular weight excluding hydrogens is 200 g/mol. The molecule has 3 nitrogen and oxygen atoms in total. The lowest BCUT2D eigenvalue weighted by Gasteiger charge is -2.29. The van der Waals surface area contributed by atoms with Gasteiger partial charge in [0, 0.05) is 13.7 Å². The van der Waals surface area contributed by atoms with Crippen molar-refractivity contribution < 1.29 is 4.74 Å². The predicted octanol–water partition coefficient (Wildman–Crippen LogP) is 2.17. The molecule has 0 saturated carbocycles. The summed E-state index contributed by atoms with van der Waals surface area (Å²) in [5, 5.41) is 9.07. The molecule has 1 heterocycles. The van der Waals surface area contributed by atoms with Crippen LogP contribution >= 0.6 is 0 Å². The number of para-hydroxylation sites is 1. The molecule has 16 heavy (non-hydrogen) atoms. The molecule has 1 aliphatic rings. The first-order chi connectivity index (χ1) is 7.74. The monoisotopic (exact) mass is 216 g/mol. The van der Waals surface area contributed by atoms with Crippen molar-refractivity contribution in [3.63, 3.8) is 0 Å². The van der Waals surface area contributed by atoms with E-state index in [4.69, 9.17) is 10.00 Å². The first kappa shape index (κ1) is 11.0. The van der Waals surface area contributed by atoms with E-state index < -0.39 is 0 Å². The zero-order chi connectivity index (χ0) is 11.5. The van der Waals surface area contributed by atoms with Crippen LogP contribution in [0.5, 0.6) is 0 Å². The Hall–Kier alpha value is -1.53. The Balaban J connectivity index is 2.27. The van der Waals surface area contributed by atoms with Crippen LogP contribution in [0.4, 0.5) is 5.69 Å². The minimum atomic E-state index is 0.233. The van der Waals surface area contributed by atoms with Gasteiger partial charge in [-0.05, 0) is 25.5 Å². The average molecular weight is 216 g/mol. The SMILES string of the molecule is CC1OCCC1N(C)c1ccccc1C#N. The molecule has 84 valence electrons. The van der Waals surface area contributed by atoms with E-state index in [2.05, 4.69) is 17.9 Å². The Labute approximate surface area is 96.2 Å². The number of hydrogen-bond acceptors (Lipinski definition) is 3. The van der Waals surface area contributed by atoms with Crippen LogP contribution in [-0.4, -0.2) is 25.8 Å². The van der Waals surface area contributed by atoms with Crippen molar-refractivity contribution in [2.24, 2.45) is 0 Å². The molecule has 1 aromatic rings. The van der Waals surface area contributed by atoms with E-state index in [1.165, 1.54) is 0 Å². The molecule has 0 spiro atoms. The number of hydrogen-bond donors (Lipinski definition) is 0. The lowest BCUT2D eigenvalue weighted by Crippen LogP contribution is -2.37. The summed E-state index contributed by atoms with van der Waals surface area (Å²) in [4.78, 5) is 2.16. The Morgan fingerprint density at radius 2 is 2.19 bits per heavy atom. The fourth-order valence-corrected chi connectivity index (χ4v) is 2.28. The van der Waals surface area contributed by atoms with Crippen LogP contribution in [-0.2, 0) is 4.74 Å². The van der Waals surface area contributed by atoms with E-state index in [9.17, 15) is 0 Å². The summed E-state index contributed by atoms with van der Waals surface area (Å²) in [6, 6.07) is 10.3. The number of benzene rings is 1. The second-order valence-electron chi connectivity index (χ2n) is 4.17. The van der Waals surface area contributed by atoms with Gasteiger partial charge < -0.3 is 9.64 Å². The van der Waals surface area contributed by atoms with Gasteiger partial charge in [0.15, 0.2) is 0 Å². The van der Waals surface area contributed by atoms with Crippen molar-refractivity contribution in [1.29, 1.82) is 5.26 Å². The third kappa shape index (κ3) is 1.89. The minimum absolute atomic E-state index is 0.233. The third-order valence-corrected chi connectivity index (χ3v) is 3.24. The molecule has 1 aromatic carbocycles. The molecule has 0 amide bonds. The van der Waals surface area contributed by atoms with E-state index in [1.54, 1.807) is 0 Å². The van der Waals surface area contributed by atoms with Gasteiger partial charge in [-0.15, -0.1) is 0 Å². The Bertz CT molecular complexity index is 411. The third-order valence-electron chi connectivity index (χ3n) is 3.24. The van der Waals surface area contributed by atoms with Crippen molar-refractivity contribution in [1.82, 2.24) is 0 Å². The van der Waals surface area contributed by atoms with Gasteiger partial charge in [0.05, 0.1) is 23.4 Å². The molecule has 2 atom stereocenters. The molecule has 2 rings (SSSR count). The number of rotatable bonds is 2. The zero-order valence-electron chi connectivity index (χ0n) is 9.68. The minimum Gasteiger partial charge on any atom is -0.376 e. The quantitative estimate of drug-likeness (QED) is 0.760. The Morgan fingerprint density at radius 3 is 2.81 bits per heavy atom. The van der Waals surface area contributed by atoms with Gasteiger partial charge in [0.25, 0.3) is 0 Å². The normalized spacial score (nSPS) is 24.1. The fourth-order valence-electron chi connectivity index (χ4n) is 2.28. The summed E-state index contributed by atoms with van der Waals surface area (Å²) in [6.07, 6.45) is 1.26. The Morgan fingerprint density at radius 1 is 1.44 bits per heavy atom. The maximum atomic E-state index is 9.07. The van der Waals surface area contributed by atoms with Gasteiger partial charge in [0.1, 0.15) is 6.07 Å². The van der Waals surface area contributed by atoms with E-state index in [1.807, 2.05) is 31.3 Å². The van der Waals surface area contributed by atoms with Crippen LogP contribution in [0.3, 0.4) is 0 Å². The number of nitriles is 1.